The Balaban J connectivity index is 1.58. The lowest BCUT2D eigenvalue weighted by Crippen LogP contribution is -2.72. The fourth-order valence-corrected chi connectivity index (χ4v) is 5.14. The monoisotopic (exact) mass is 479 g/mol. The molecule has 1 amide bonds. The number of nitrogens with zero attached hydrogens (tertiary/aromatic N) is 1. The van der Waals surface area contributed by atoms with Gasteiger partial charge in [-0.25, -0.2) is 0 Å². The highest BCUT2D eigenvalue weighted by Crippen LogP contribution is 2.49. The maximum absolute atomic E-state index is 13.7. The number of thiocarbonyl (C=S) groups is 1. The molecule has 2 aliphatic heterocycles. The fraction of sp³-hybridized carbons (Fsp3) is 0.200. The maximum atomic E-state index is 13.7. The molecule has 2 bridgehead atoms. The molecule has 8 heteroatoms. The third kappa shape index (κ3) is 3.67. The fourth-order valence-electron chi connectivity index (χ4n) is 4.60. The summed E-state index contributed by atoms with van der Waals surface area (Å²) in [4.78, 5) is 15.6. The molecule has 0 unspecified atom stereocenters. The SMILES string of the molecule is COc1ccc(NC(=O)[C@H]2[C@@H]3NC(=S)N(c4ccc(Cl)cc4)[C@@]2(C)Oc2ccccc23)cc1. The van der Waals surface area contributed by atoms with Crippen molar-refractivity contribution < 1.29 is 14.3 Å². The molecule has 0 radical (unpaired) electrons. The summed E-state index contributed by atoms with van der Waals surface area (Å²) >= 11 is 11.9. The van der Waals surface area contributed by atoms with Gasteiger partial charge in [-0.1, -0.05) is 29.8 Å². The predicted molar refractivity (Wildman–Crippen MR) is 133 cm³/mol. The topological polar surface area (TPSA) is 62.8 Å². The highest BCUT2D eigenvalue weighted by molar-refractivity contribution is 7.80. The molecular weight excluding hydrogens is 458 g/mol. The van der Waals surface area contributed by atoms with Gasteiger partial charge in [-0.05, 0) is 73.7 Å². The highest BCUT2D eigenvalue weighted by atomic mass is 35.5. The van der Waals surface area contributed by atoms with Crippen molar-refractivity contribution in [1.29, 1.82) is 0 Å². The Labute approximate surface area is 202 Å². The number of carbonyl (C=O) groups is 1. The molecule has 33 heavy (non-hydrogen) atoms. The van der Waals surface area contributed by atoms with Crippen LogP contribution in [0.4, 0.5) is 11.4 Å². The van der Waals surface area contributed by atoms with Crippen molar-refractivity contribution in [3.63, 3.8) is 0 Å². The Morgan fingerprint density at radius 2 is 1.82 bits per heavy atom. The molecule has 3 aromatic rings. The second-order valence-electron chi connectivity index (χ2n) is 8.13. The molecule has 5 rings (SSSR count). The number of amides is 1. The highest BCUT2D eigenvalue weighted by Gasteiger charge is 2.59. The number of hydrogen-bond donors (Lipinski definition) is 2. The summed E-state index contributed by atoms with van der Waals surface area (Å²) < 4.78 is 11.8. The van der Waals surface area contributed by atoms with Crippen molar-refractivity contribution in [3.8, 4) is 11.5 Å². The number of para-hydroxylation sites is 1. The van der Waals surface area contributed by atoms with Gasteiger partial charge in [0.2, 0.25) is 5.91 Å². The first-order valence-corrected chi connectivity index (χ1v) is 11.3. The van der Waals surface area contributed by atoms with Crippen LogP contribution in [0.3, 0.4) is 0 Å². The summed E-state index contributed by atoms with van der Waals surface area (Å²) in [6.07, 6.45) is 0. The van der Waals surface area contributed by atoms with Crippen LogP contribution in [-0.2, 0) is 4.79 Å². The predicted octanol–water partition coefficient (Wildman–Crippen LogP) is 5.15. The van der Waals surface area contributed by atoms with Crippen LogP contribution in [0.5, 0.6) is 11.5 Å². The van der Waals surface area contributed by atoms with Crippen molar-refractivity contribution in [3.05, 3.63) is 83.4 Å². The molecule has 3 atom stereocenters. The standard InChI is InChI=1S/C25H22ClN3O3S/c1-25-21(23(30)27-16-9-13-18(31-2)14-10-16)22(19-5-3-4-6-20(19)32-25)28-24(33)29(25)17-11-7-15(26)8-12-17/h3-14,21-22H,1-2H3,(H,27,30)(H,28,33)/t21-,22-,25+/m1/s1. The maximum Gasteiger partial charge on any atom is 0.236 e. The summed E-state index contributed by atoms with van der Waals surface area (Å²) in [5, 5.41) is 7.52. The Hall–Kier alpha value is -3.29. The number of carbonyl (C=O) groups excluding carboxylic acids is 1. The van der Waals surface area contributed by atoms with Gasteiger partial charge in [-0.3, -0.25) is 9.69 Å². The summed E-state index contributed by atoms with van der Waals surface area (Å²) in [6.45, 7) is 1.90. The van der Waals surface area contributed by atoms with E-state index in [1.165, 1.54) is 0 Å². The van der Waals surface area contributed by atoms with Crippen molar-refractivity contribution in [2.24, 2.45) is 5.92 Å². The smallest absolute Gasteiger partial charge is 0.236 e. The van der Waals surface area contributed by atoms with E-state index in [9.17, 15) is 4.79 Å². The molecule has 168 valence electrons. The Kier molecular flexibility index (Phi) is 5.38. The van der Waals surface area contributed by atoms with Gasteiger partial charge >= 0.3 is 0 Å². The van der Waals surface area contributed by atoms with Crippen LogP contribution in [-0.4, -0.2) is 23.9 Å². The average Bonchev–Trinajstić information content (AvgIpc) is 2.80. The second kappa shape index (κ2) is 8.24. The van der Waals surface area contributed by atoms with Crippen LogP contribution in [0, 0.1) is 5.92 Å². The zero-order chi connectivity index (χ0) is 23.2. The molecule has 0 aromatic heterocycles. The van der Waals surface area contributed by atoms with E-state index in [-0.39, 0.29) is 11.9 Å². The number of fused-ring (bicyclic) bond motifs is 4. The lowest BCUT2D eigenvalue weighted by atomic mass is 9.78. The van der Waals surface area contributed by atoms with Crippen molar-refractivity contribution >= 4 is 46.2 Å². The minimum absolute atomic E-state index is 0.184. The van der Waals surface area contributed by atoms with E-state index >= 15 is 0 Å². The van der Waals surface area contributed by atoms with Crippen LogP contribution >= 0.6 is 23.8 Å². The van der Waals surface area contributed by atoms with E-state index < -0.39 is 11.6 Å². The zero-order valence-electron chi connectivity index (χ0n) is 18.0. The van der Waals surface area contributed by atoms with E-state index in [4.69, 9.17) is 33.3 Å². The van der Waals surface area contributed by atoms with E-state index in [0.717, 1.165) is 11.3 Å². The van der Waals surface area contributed by atoms with E-state index in [1.807, 2.05) is 60.4 Å². The second-order valence-corrected chi connectivity index (χ2v) is 8.95. The number of methoxy groups -OCH3 is 1. The molecule has 2 N–H and O–H groups in total. The molecular formula is C25H22ClN3O3S. The average molecular weight is 480 g/mol. The van der Waals surface area contributed by atoms with Gasteiger partial charge < -0.3 is 20.1 Å². The summed E-state index contributed by atoms with van der Waals surface area (Å²) in [6, 6.07) is 21.9. The molecule has 6 nitrogen and oxygen atoms in total. The third-order valence-electron chi connectivity index (χ3n) is 6.13. The number of anilines is 2. The van der Waals surface area contributed by atoms with Crippen molar-refractivity contribution in [2.45, 2.75) is 18.7 Å². The Morgan fingerprint density at radius 3 is 2.52 bits per heavy atom. The Bertz CT molecular complexity index is 1220. The lowest BCUT2D eigenvalue weighted by molar-refractivity contribution is -0.130. The molecule has 1 saturated heterocycles. The van der Waals surface area contributed by atoms with Gasteiger partial charge in [0, 0.05) is 22.0 Å². The molecule has 0 spiro atoms. The van der Waals surface area contributed by atoms with E-state index in [1.54, 1.807) is 31.4 Å². The summed E-state index contributed by atoms with van der Waals surface area (Å²) in [7, 11) is 1.60. The molecule has 1 fully saturated rings. The Morgan fingerprint density at radius 1 is 1.12 bits per heavy atom. The number of benzene rings is 3. The molecule has 2 aliphatic rings. The van der Waals surface area contributed by atoms with Crippen LogP contribution < -0.4 is 25.0 Å². The van der Waals surface area contributed by atoms with Crippen LogP contribution in [0.1, 0.15) is 18.5 Å². The minimum atomic E-state index is -1.08. The van der Waals surface area contributed by atoms with E-state index in [0.29, 0.717) is 27.3 Å². The number of ether oxygens (including phenoxy) is 2. The van der Waals surface area contributed by atoms with E-state index in [2.05, 4.69) is 10.6 Å². The largest absolute Gasteiger partial charge is 0.497 e. The molecule has 2 heterocycles. The quantitative estimate of drug-likeness (QED) is 0.505. The van der Waals surface area contributed by atoms with Gasteiger partial charge in [-0.15, -0.1) is 0 Å². The summed E-state index contributed by atoms with van der Waals surface area (Å²) in [5.41, 5.74) is 1.26. The summed E-state index contributed by atoms with van der Waals surface area (Å²) in [5.74, 6) is 0.633. The lowest BCUT2D eigenvalue weighted by Gasteiger charge is -2.56. The first-order chi connectivity index (χ1) is 15.9. The first kappa shape index (κ1) is 21.6. The third-order valence-corrected chi connectivity index (χ3v) is 6.68. The number of nitrogens with one attached hydrogen (secondary N) is 2. The normalized spacial score (nSPS) is 23.1. The first-order valence-electron chi connectivity index (χ1n) is 10.5. The zero-order valence-corrected chi connectivity index (χ0v) is 19.6. The van der Waals surface area contributed by atoms with Gasteiger partial charge in [0.05, 0.1) is 13.2 Å². The van der Waals surface area contributed by atoms with Crippen LogP contribution in [0.15, 0.2) is 72.8 Å². The molecule has 0 saturated carbocycles. The van der Waals surface area contributed by atoms with Crippen LogP contribution in [0.25, 0.3) is 0 Å². The number of hydrogen-bond acceptors (Lipinski definition) is 4. The van der Waals surface area contributed by atoms with Crippen molar-refractivity contribution in [2.75, 3.05) is 17.3 Å². The minimum Gasteiger partial charge on any atom is -0.497 e. The van der Waals surface area contributed by atoms with Gasteiger partial charge in [0.1, 0.15) is 17.4 Å². The van der Waals surface area contributed by atoms with Gasteiger partial charge in [-0.2, -0.15) is 0 Å². The molecule has 3 aromatic carbocycles. The number of rotatable bonds is 4. The van der Waals surface area contributed by atoms with Crippen LogP contribution in [0.2, 0.25) is 5.02 Å². The van der Waals surface area contributed by atoms with Crippen molar-refractivity contribution in [1.82, 2.24) is 5.32 Å². The van der Waals surface area contributed by atoms with Gasteiger partial charge in [0.15, 0.2) is 10.8 Å². The van der Waals surface area contributed by atoms with Gasteiger partial charge in [0.25, 0.3) is 0 Å². The molecule has 0 aliphatic carbocycles. The number of halogens is 1.